The van der Waals surface area contributed by atoms with Gasteiger partial charge >= 0.3 is 0 Å². The zero-order valence-corrected chi connectivity index (χ0v) is 10.6. The largest absolute Gasteiger partial charge is 0.387 e. The van der Waals surface area contributed by atoms with Gasteiger partial charge in [-0.1, -0.05) is 6.07 Å². The van der Waals surface area contributed by atoms with Gasteiger partial charge in [-0.2, -0.15) is 5.10 Å². The molecular formula is C13H16N4O2. The number of aromatic nitrogens is 2. The molecule has 0 atom stereocenters. The highest BCUT2D eigenvalue weighted by Crippen LogP contribution is 2.15. The number of aliphatic hydroxyl groups is 1. The number of benzene rings is 1. The molecule has 1 amide bonds. The van der Waals surface area contributed by atoms with E-state index in [2.05, 4.69) is 15.7 Å². The maximum absolute atomic E-state index is 11.1. The lowest BCUT2D eigenvalue weighted by atomic mass is 10.2. The SMILES string of the molecule is Cn1cc(CNc2cccc(NC(=O)CO)c2)cn1. The summed E-state index contributed by atoms with van der Waals surface area (Å²) >= 11 is 0. The molecule has 0 radical (unpaired) electrons. The van der Waals surface area contributed by atoms with E-state index in [1.54, 1.807) is 16.9 Å². The average molecular weight is 260 g/mol. The van der Waals surface area contributed by atoms with Crippen LogP contribution in [0, 0.1) is 0 Å². The smallest absolute Gasteiger partial charge is 0.250 e. The normalized spacial score (nSPS) is 10.2. The summed E-state index contributed by atoms with van der Waals surface area (Å²) in [5, 5.41) is 18.6. The molecule has 0 aliphatic rings. The number of anilines is 2. The van der Waals surface area contributed by atoms with Crippen LogP contribution < -0.4 is 10.6 Å². The first kappa shape index (κ1) is 13.1. The fourth-order valence-electron chi connectivity index (χ4n) is 1.67. The Morgan fingerprint density at radius 2 is 2.21 bits per heavy atom. The molecule has 0 unspecified atom stereocenters. The zero-order chi connectivity index (χ0) is 13.7. The Morgan fingerprint density at radius 1 is 1.42 bits per heavy atom. The lowest BCUT2D eigenvalue weighted by molar-refractivity contribution is -0.118. The fraction of sp³-hybridized carbons (Fsp3) is 0.231. The third-order valence-corrected chi connectivity index (χ3v) is 2.54. The molecule has 19 heavy (non-hydrogen) atoms. The number of nitrogens with zero attached hydrogens (tertiary/aromatic N) is 2. The van der Waals surface area contributed by atoms with Gasteiger partial charge in [0.1, 0.15) is 6.61 Å². The summed E-state index contributed by atoms with van der Waals surface area (Å²) in [5.41, 5.74) is 2.61. The number of aliphatic hydroxyl groups excluding tert-OH is 1. The van der Waals surface area contributed by atoms with Gasteiger partial charge in [-0.15, -0.1) is 0 Å². The third kappa shape index (κ3) is 3.82. The fourth-order valence-corrected chi connectivity index (χ4v) is 1.67. The molecule has 0 saturated carbocycles. The Bertz CT molecular complexity index is 565. The van der Waals surface area contributed by atoms with Crippen molar-refractivity contribution in [3.05, 3.63) is 42.2 Å². The predicted octanol–water partition coefficient (Wildman–Crippen LogP) is 0.963. The van der Waals surface area contributed by atoms with E-state index in [4.69, 9.17) is 5.11 Å². The van der Waals surface area contributed by atoms with Gasteiger partial charge in [0, 0.05) is 36.7 Å². The van der Waals surface area contributed by atoms with Crippen LogP contribution in [0.1, 0.15) is 5.56 Å². The van der Waals surface area contributed by atoms with Gasteiger partial charge in [-0.3, -0.25) is 9.48 Å². The van der Waals surface area contributed by atoms with Gasteiger partial charge in [0.05, 0.1) is 6.20 Å². The van der Waals surface area contributed by atoms with E-state index in [1.807, 2.05) is 31.4 Å². The van der Waals surface area contributed by atoms with E-state index in [-0.39, 0.29) is 0 Å². The van der Waals surface area contributed by atoms with E-state index >= 15 is 0 Å². The van der Waals surface area contributed by atoms with Crippen molar-refractivity contribution in [2.75, 3.05) is 17.2 Å². The molecular weight excluding hydrogens is 244 g/mol. The van der Waals surface area contributed by atoms with Crippen molar-refractivity contribution in [3.63, 3.8) is 0 Å². The molecule has 1 aromatic carbocycles. The van der Waals surface area contributed by atoms with Crippen molar-refractivity contribution in [2.24, 2.45) is 7.05 Å². The molecule has 2 rings (SSSR count). The van der Waals surface area contributed by atoms with Crippen LogP contribution in [0.4, 0.5) is 11.4 Å². The van der Waals surface area contributed by atoms with E-state index in [0.29, 0.717) is 12.2 Å². The van der Waals surface area contributed by atoms with Gasteiger partial charge < -0.3 is 15.7 Å². The maximum atomic E-state index is 11.1. The predicted molar refractivity (Wildman–Crippen MR) is 72.7 cm³/mol. The Kier molecular flexibility index (Phi) is 4.15. The first-order valence-corrected chi connectivity index (χ1v) is 5.89. The second-order valence-corrected chi connectivity index (χ2v) is 4.16. The highest BCUT2D eigenvalue weighted by molar-refractivity contribution is 5.91. The summed E-state index contributed by atoms with van der Waals surface area (Å²) in [4.78, 5) is 11.1. The molecule has 2 aromatic rings. The van der Waals surface area contributed by atoms with Gasteiger partial charge in [0.2, 0.25) is 5.91 Å². The highest BCUT2D eigenvalue weighted by atomic mass is 16.3. The minimum atomic E-state index is -0.520. The molecule has 0 spiro atoms. The van der Waals surface area contributed by atoms with Crippen LogP contribution in [0.2, 0.25) is 0 Å². The van der Waals surface area contributed by atoms with Crippen molar-refractivity contribution >= 4 is 17.3 Å². The second-order valence-electron chi connectivity index (χ2n) is 4.16. The number of hydrogen-bond donors (Lipinski definition) is 3. The van der Waals surface area contributed by atoms with Crippen molar-refractivity contribution in [1.29, 1.82) is 0 Å². The summed E-state index contributed by atoms with van der Waals surface area (Å²) in [5.74, 6) is -0.426. The molecule has 3 N–H and O–H groups in total. The van der Waals surface area contributed by atoms with Crippen LogP contribution in [-0.2, 0) is 18.4 Å². The molecule has 0 fully saturated rings. The molecule has 0 saturated heterocycles. The summed E-state index contributed by atoms with van der Waals surface area (Å²) in [6, 6.07) is 7.32. The van der Waals surface area contributed by atoms with Crippen LogP contribution in [0.5, 0.6) is 0 Å². The molecule has 6 heteroatoms. The van der Waals surface area contributed by atoms with Crippen LogP contribution >= 0.6 is 0 Å². The standard InChI is InChI=1S/C13H16N4O2/c1-17-8-10(7-15-17)6-14-11-3-2-4-12(5-11)16-13(19)9-18/h2-5,7-8,14,18H,6,9H2,1H3,(H,16,19). The molecule has 0 aliphatic heterocycles. The van der Waals surface area contributed by atoms with Gasteiger partial charge in [0.25, 0.3) is 0 Å². The van der Waals surface area contributed by atoms with Gasteiger partial charge in [-0.05, 0) is 18.2 Å². The first-order valence-electron chi connectivity index (χ1n) is 5.89. The van der Waals surface area contributed by atoms with Crippen LogP contribution in [-0.4, -0.2) is 27.4 Å². The van der Waals surface area contributed by atoms with E-state index in [0.717, 1.165) is 11.3 Å². The lowest BCUT2D eigenvalue weighted by Crippen LogP contribution is -2.15. The number of carbonyl (C=O) groups is 1. The monoisotopic (exact) mass is 260 g/mol. The topological polar surface area (TPSA) is 79.2 Å². The Morgan fingerprint density at radius 3 is 2.89 bits per heavy atom. The number of carbonyl (C=O) groups excluding carboxylic acids is 1. The Balaban J connectivity index is 1.97. The molecule has 0 bridgehead atoms. The average Bonchev–Trinajstić information content (AvgIpc) is 2.82. The minimum absolute atomic E-state index is 0.426. The third-order valence-electron chi connectivity index (χ3n) is 2.54. The lowest BCUT2D eigenvalue weighted by Gasteiger charge is -2.08. The number of hydrogen-bond acceptors (Lipinski definition) is 4. The minimum Gasteiger partial charge on any atom is -0.387 e. The van der Waals surface area contributed by atoms with Crippen molar-refractivity contribution in [1.82, 2.24) is 9.78 Å². The Hall–Kier alpha value is -2.34. The van der Waals surface area contributed by atoms with Gasteiger partial charge in [0.15, 0.2) is 0 Å². The van der Waals surface area contributed by atoms with Crippen molar-refractivity contribution in [3.8, 4) is 0 Å². The number of nitrogens with one attached hydrogen (secondary N) is 2. The number of aryl methyl sites for hydroxylation is 1. The molecule has 100 valence electrons. The number of rotatable bonds is 5. The number of amides is 1. The van der Waals surface area contributed by atoms with Crippen molar-refractivity contribution < 1.29 is 9.90 Å². The quantitative estimate of drug-likeness (QED) is 0.748. The van der Waals surface area contributed by atoms with E-state index < -0.39 is 12.5 Å². The summed E-state index contributed by atoms with van der Waals surface area (Å²) in [6.45, 7) is 0.137. The molecule has 1 aromatic heterocycles. The summed E-state index contributed by atoms with van der Waals surface area (Å²) in [6.07, 6.45) is 3.73. The zero-order valence-electron chi connectivity index (χ0n) is 10.6. The van der Waals surface area contributed by atoms with E-state index in [9.17, 15) is 4.79 Å². The van der Waals surface area contributed by atoms with Crippen LogP contribution in [0.3, 0.4) is 0 Å². The molecule has 0 aliphatic carbocycles. The maximum Gasteiger partial charge on any atom is 0.250 e. The Labute approximate surface area is 111 Å². The summed E-state index contributed by atoms with van der Waals surface area (Å²) < 4.78 is 1.74. The molecule has 6 nitrogen and oxygen atoms in total. The van der Waals surface area contributed by atoms with Crippen LogP contribution in [0.25, 0.3) is 0 Å². The van der Waals surface area contributed by atoms with Crippen LogP contribution in [0.15, 0.2) is 36.7 Å². The highest BCUT2D eigenvalue weighted by Gasteiger charge is 2.01. The van der Waals surface area contributed by atoms with Crippen molar-refractivity contribution in [2.45, 2.75) is 6.54 Å². The van der Waals surface area contributed by atoms with E-state index in [1.165, 1.54) is 0 Å². The van der Waals surface area contributed by atoms with Gasteiger partial charge in [-0.25, -0.2) is 0 Å². The second kappa shape index (κ2) is 6.01. The first-order chi connectivity index (χ1) is 9.17. The molecule has 1 heterocycles. The summed E-state index contributed by atoms with van der Waals surface area (Å²) in [7, 11) is 1.87.